The maximum absolute atomic E-state index is 12.2. The molecule has 140 valence electrons. The molecule has 0 heterocycles. The average molecular weight is 372 g/mol. The summed E-state index contributed by atoms with van der Waals surface area (Å²) in [6.07, 6.45) is 0. The molecule has 0 saturated carbocycles. The number of hydrogen-bond acceptors (Lipinski definition) is 4. The summed E-state index contributed by atoms with van der Waals surface area (Å²) in [6, 6.07) is 5.69. The normalized spacial score (nSPS) is 12.6. The van der Waals surface area contributed by atoms with Gasteiger partial charge in [-0.25, -0.2) is 13.1 Å². The van der Waals surface area contributed by atoms with Gasteiger partial charge in [-0.1, -0.05) is 0 Å². The number of hydrogen-bond donors (Lipinski definition) is 2. The Morgan fingerprint density at radius 2 is 1.28 bits per heavy atom. The van der Waals surface area contributed by atoms with E-state index in [0.29, 0.717) is 21.2 Å². The smallest absolute Gasteiger partial charge is 0.288 e. The van der Waals surface area contributed by atoms with Crippen molar-refractivity contribution in [3.8, 4) is 0 Å². The highest BCUT2D eigenvalue weighted by Gasteiger charge is 2.22. The van der Waals surface area contributed by atoms with Crippen LogP contribution in [0, 0.1) is 0 Å². The lowest BCUT2D eigenvalue weighted by Gasteiger charge is -2.23. The molecule has 0 fully saturated rings. The molecule has 0 aliphatic carbocycles. The molecule has 0 spiro atoms. The number of amides is 2. The van der Waals surface area contributed by atoms with Crippen LogP contribution >= 0.6 is 0 Å². The Bertz CT molecular complexity index is 729. The van der Waals surface area contributed by atoms with Gasteiger partial charge in [0, 0.05) is 5.69 Å². The fourth-order valence-electron chi connectivity index (χ4n) is 2.02. The summed E-state index contributed by atoms with van der Waals surface area (Å²) in [5, 5.41) is 2.71. The first-order chi connectivity index (χ1) is 11.2. The van der Waals surface area contributed by atoms with Crippen LogP contribution in [0.1, 0.15) is 0 Å². The standard InChI is InChI=1S/C16H26N4O4S/c1-19(2,3)11-15(21)17-13-7-9-14(10-8-13)25(23,24)18-16(22)12-20(4,5)6/h7-10H,11-12H2,1-6H3/p+2. The number of anilines is 1. The maximum Gasteiger partial charge on any atom is 0.288 e. The Kier molecular flexibility index (Phi) is 6.33. The van der Waals surface area contributed by atoms with Gasteiger partial charge < -0.3 is 14.3 Å². The molecule has 1 rings (SSSR count). The number of quaternary nitrogens is 2. The van der Waals surface area contributed by atoms with Gasteiger partial charge in [0.05, 0.1) is 47.2 Å². The first kappa shape index (κ1) is 21.1. The summed E-state index contributed by atoms with van der Waals surface area (Å²) in [6.45, 7) is 0.333. The van der Waals surface area contributed by atoms with Gasteiger partial charge in [-0.05, 0) is 24.3 Å². The highest BCUT2D eigenvalue weighted by atomic mass is 32.2. The topological polar surface area (TPSA) is 92.3 Å². The van der Waals surface area contributed by atoms with E-state index < -0.39 is 15.9 Å². The van der Waals surface area contributed by atoms with Crippen LogP contribution in [-0.4, -0.2) is 84.6 Å². The van der Waals surface area contributed by atoms with Crippen LogP contribution in [0.5, 0.6) is 0 Å². The summed E-state index contributed by atoms with van der Waals surface area (Å²) in [7, 11) is 7.13. The second-order valence-electron chi connectivity index (χ2n) is 8.00. The molecule has 0 saturated heterocycles. The average Bonchev–Trinajstić information content (AvgIpc) is 2.33. The second kappa shape index (κ2) is 7.51. The van der Waals surface area contributed by atoms with E-state index in [1.54, 1.807) is 21.1 Å². The first-order valence-corrected chi connectivity index (χ1v) is 9.23. The van der Waals surface area contributed by atoms with Gasteiger partial charge >= 0.3 is 0 Å². The molecule has 25 heavy (non-hydrogen) atoms. The van der Waals surface area contributed by atoms with Crippen LogP contribution in [0.4, 0.5) is 5.69 Å². The molecule has 0 atom stereocenters. The summed E-state index contributed by atoms with van der Waals surface area (Å²) in [5.74, 6) is -0.743. The maximum atomic E-state index is 12.2. The van der Waals surface area contributed by atoms with Crippen molar-refractivity contribution < 1.29 is 27.0 Å². The van der Waals surface area contributed by atoms with Crippen molar-refractivity contribution in [3.63, 3.8) is 0 Å². The molecule has 1 aromatic carbocycles. The van der Waals surface area contributed by atoms with Crippen molar-refractivity contribution in [2.24, 2.45) is 0 Å². The molecule has 1 aromatic rings. The second-order valence-corrected chi connectivity index (χ2v) is 9.68. The highest BCUT2D eigenvalue weighted by molar-refractivity contribution is 7.90. The largest absolute Gasteiger partial charge is 0.323 e. The SMILES string of the molecule is C[N+](C)(C)CC(=O)Nc1ccc(S(=O)(=O)NC(=O)C[N+](C)(C)C)cc1. The Balaban J connectivity index is 2.78. The molecule has 2 amide bonds. The lowest BCUT2D eigenvalue weighted by molar-refractivity contribution is -0.862. The van der Waals surface area contributed by atoms with Crippen molar-refractivity contribution in [1.82, 2.24) is 4.72 Å². The van der Waals surface area contributed by atoms with Crippen molar-refractivity contribution in [2.45, 2.75) is 4.90 Å². The van der Waals surface area contributed by atoms with Crippen molar-refractivity contribution in [3.05, 3.63) is 24.3 Å². The van der Waals surface area contributed by atoms with Crippen LogP contribution in [0.25, 0.3) is 0 Å². The number of sulfonamides is 1. The number of nitrogens with one attached hydrogen (secondary N) is 2. The minimum absolute atomic E-state index is 0.0353. The van der Waals surface area contributed by atoms with Gasteiger partial charge in [-0.3, -0.25) is 9.59 Å². The van der Waals surface area contributed by atoms with E-state index in [1.165, 1.54) is 24.3 Å². The summed E-state index contributed by atoms with van der Waals surface area (Å²) in [5.41, 5.74) is 0.495. The zero-order valence-corrected chi connectivity index (χ0v) is 16.5. The molecule has 0 bridgehead atoms. The van der Waals surface area contributed by atoms with Crippen molar-refractivity contribution in [1.29, 1.82) is 0 Å². The predicted molar refractivity (Wildman–Crippen MR) is 96.2 cm³/mol. The van der Waals surface area contributed by atoms with Crippen LogP contribution in [0.2, 0.25) is 0 Å². The minimum atomic E-state index is -3.93. The van der Waals surface area contributed by atoms with Crippen molar-refractivity contribution >= 4 is 27.5 Å². The molecule has 0 aliphatic heterocycles. The predicted octanol–water partition coefficient (Wildman–Crippen LogP) is -0.158. The van der Waals surface area contributed by atoms with Crippen LogP contribution in [0.15, 0.2) is 29.2 Å². The highest BCUT2D eigenvalue weighted by Crippen LogP contribution is 2.14. The molecule has 8 nitrogen and oxygen atoms in total. The fraction of sp³-hybridized carbons (Fsp3) is 0.500. The first-order valence-electron chi connectivity index (χ1n) is 7.74. The van der Waals surface area contributed by atoms with Gasteiger partial charge in [0.1, 0.15) is 0 Å². The Labute approximate surface area is 149 Å². The van der Waals surface area contributed by atoms with E-state index in [2.05, 4.69) is 5.32 Å². The fourth-order valence-corrected chi connectivity index (χ4v) is 3.00. The van der Waals surface area contributed by atoms with E-state index in [1.807, 2.05) is 25.9 Å². The van der Waals surface area contributed by atoms with E-state index >= 15 is 0 Å². The monoisotopic (exact) mass is 372 g/mol. The molecule has 2 N–H and O–H groups in total. The number of carbonyl (C=O) groups is 2. The van der Waals surface area contributed by atoms with E-state index in [9.17, 15) is 18.0 Å². The van der Waals surface area contributed by atoms with Crippen LogP contribution in [0.3, 0.4) is 0 Å². The summed E-state index contributed by atoms with van der Waals surface area (Å²) < 4.78 is 27.3. The third-order valence-electron chi connectivity index (χ3n) is 2.93. The minimum Gasteiger partial charge on any atom is -0.323 e. The van der Waals surface area contributed by atoms with Gasteiger partial charge in [0.25, 0.3) is 21.8 Å². The number of rotatable bonds is 7. The van der Waals surface area contributed by atoms with Gasteiger partial charge in [0.15, 0.2) is 13.1 Å². The van der Waals surface area contributed by atoms with E-state index in [4.69, 9.17) is 0 Å². The Hall–Kier alpha value is -1.97. The van der Waals surface area contributed by atoms with E-state index in [-0.39, 0.29) is 17.3 Å². The number of likely N-dealkylation sites (N-methyl/N-ethyl adjacent to an activating group) is 2. The Morgan fingerprint density at radius 3 is 1.72 bits per heavy atom. The van der Waals surface area contributed by atoms with E-state index in [0.717, 1.165) is 0 Å². The summed E-state index contributed by atoms with van der Waals surface area (Å²) in [4.78, 5) is 23.7. The molecule has 0 unspecified atom stereocenters. The lowest BCUT2D eigenvalue weighted by atomic mass is 10.3. The van der Waals surface area contributed by atoms with Gasteiger partial charge in [0.2, 0.25) is 0 Å². The molecule has 0 radical (unpaired) electrons. The summed E-state index contributed by atoms with van der Waals surface area (Å²) >= 11 is 0. The molecule has 9 heteroatoms. The molecular weight excluding hydrogens is 344 g/mol. The lowest BCUT2D eigenvalue weighted by Crippen LogP contribution is -2.45. The number of benzene rings is 1. The number of nitrogens with zero attached hydrogens (tertiary/aromatic N) is 2. The third kappa shape index (κ3) is 8.10. The molecular formula is C16H28N4O4S+2. The van der Waals surface area contributed by atoms with Crippen LogP contribution in [-0.2, 0) is 19.6 Å². The zero-order valence-electron chi connectivity index (χ0n) is 15.7. The Morgan fingerprint density at radius 1 is 0.840 bits per heavy atom. The van der Waals surface area contributed by atoms with Crippen molar-refractivity contribution in [2.75, 3.05) is 60.7 Å². The van der Waals surface area contributed by atoms with Crippen LogP contribution < -0.4 is 10.0 Å². The number of carbonyl (C=O) groups excluding carboxylic acids is 2. The molecule has 0 aromatic heterocycles. The zero-order chi connectivity index (χ0) is 19.5. The molecule has 0 aliphatic rings. The third-order valence-corrected chi connectivity index (χ3v) is 4.32. The quantitative estimate of drug-likeness (QED) is 0.651. The van der Waals surface area contributed by atoms with Gasteiger partial charge in [-0.15, -0.1) is 0 Å². The van der Waals surface area contributed by atoms with Gasteiger partial charge in [-0.2, -0.15) is 0 Å².